The van der Waals surface area contributed by atoms with Crippen molar-refractivity contribution < 1.29 is 9.18 Å². The van der Waals surface area contributed by atoms with Gasteiger partial charge in [0.1, 0.15) is 5.82 Å². The first-order valence-corrected chi connectivity index (χ1v) is 4.77. The Kier molecular flexibility index (Phi) is 3.91. The third-order valence-electron chi connectivity index (χ3n) is 1.81. The molecule has 15 heavy (non-hydrogen) atoms. The van der Waals surface area contributed by atoms with Gasteiger partial charge in [0.05, 0.1) is 6.54 Å². The van der Waals surface area contributed by atoms with Crippen molar-refractivity contribution in [2.75, 3.05) is 26.0 Å². The summed E-state index contributed by atoms with van der Waals surface area (Å²) in [5, 5.41) is 3.09. The summed E-state index contributed by atoms with van der Waals surface area (Å²) in [4.78, 5) is 12.7. The number of carbonyl (C=O) groups is 1. The minimum Gasteiger partial charge on any atom is -0.376 e. The Bertz CT molecular complexity index is 348. The highest BCUT2D eigenvalue weighted by atomic mass is 35.5. The van der Waals surface area contributed by atoms with E-state index in [0.717, 1.165) is 0 Å². The fourth-order valence-electron chi connectivity index (χ4n) is 0.992. The van der Waals surface area contributed by atoms with Crippen molar-refractivity contribution in [2.45, 2.75) is 0 Å². The first kappa shape index (κ1) is 11.8. The van der Waals surface area contributed by atoms with Crippen LogP contribution in [0.25, 0.3) is 0 Å². The van der Waals surface area contributed by atoms with Gasteiger partial charge in [-0.15, -0.1) is 0 Å². The maximum atomic E-state index is 12.9. The Labute approximate surface area is 92.8 Å². The zero-order valence-corrected chi connectivity index (χ0v) is 9.31. The molecular formula is C10H12ClFN2O. The molecule has 0 unspecified atom stereocenters. The Morgan fingerprint density at radius 2 is 2.13 bits per heavy atom. The summed E-state index contributed by atoms with van der Waals surface area (Å²) in [6.07, 6.45) is 0. The number of benzene rings is 1. The van der Waals surface area contributed by atoms with Gasteiger partial charge in [0.25, 0.3) is 0 Å². The average molecular weight is 231 g/mol. The summed E-state index contributed by atoms with van der Waals surface area (Å²) in [6, 6.07) is 4.06. The highest BCUT2D eigenvalue weighted by molar-refractivity contribution is 6.30. The van der Waals surface area contributed by atoms with Crippen molar-refractivity contribution in [1.29, 1.82) is 0 Å². The molecule has 0 atom stereocenters. The maximum absolute atomic E-state index is 12.9. The molecule has 1 aromatic rings. The number of rotatable bonds is 3. The molecule has 0 bridgehead atoms. The third-order valence-corrected chi connectivity index (χ3v) is 2.02. The summed E-state index contributed by atoms with van der Waals surface area (Å²) in [5.74, 6) is -0.516. The first-order valence-electron chi connectivity index (χ1n) is 4.39. The van der Waals surface area contributed by atoms with Gasteiger partial charge in [0.2, 0.25) is 5.91 Å². The minimum atomic E-state index is -0.428. The number of nitrogens with one attached hydrogen (secondary N) is 1. The number of hydrogen-bond acceptors (Lipinski definition) is 2. The summed E-state index contributed by atoms with van der Waals surface area (Å²) in [7, 11) is 3.31. The molecule has 3 nitrogen and oxygen atoms in total. The molecule has 0 saturated carbocycles. The number of amides is 1. The lowest BCUT2D eigenvalue weighted by Gasteiger charge is -2.11. The molecule has 5 heteroatoms. The molecule has 1 amide bonds. The van der Waals surface area contributed by atoms with Gasteiger partial charge in [-0.3, -0.25) is 4.79 Å². The first-order chi connectivity index (χ1) is 6.99. The van der Waals surface area contributed by atoms with Crippen molar-refractivity contribution in [3.63, 3.8) is 0 Å². The van der Waals surface area contributed by atoms with E-state index < -0.39 is 5.82 Å². The summed E-state index contributed by atoms with van der Waals surface area (Å²) < 4.78 is 12.9. The smallest absolute Gasteiger partial charge is 0.241 e. The zero-order valence-electron chi connectivity index (χ0n) is 8.55. The summed E-state index contributed by atoms with van der Waals surface area (Å²) in [6.45, 7) is 0.118. The zero-order chi connectivity index (χ0) is 11.4. The van der Waals surface area contributed by atoms with Crippen molar-refractivity contribution in [3.05, 3.63) is 29.0 Å². The second-order valence-corrected chi connectivity index (χ2v) is 3.74. The second kappa shape index (κ2) is 4.98. The normalized spacial score (nSPS) is 9.87. The number of carbonyl (C=O) groups excluding carboxylic acids is 1. The molecule has 0 heterocycles. The Morgan fingerprint density at radius 3 is 2.67 bits per heavy atom. The Morgan fingerprint density at radius 1 is 1.47 bits per heavy atom. The van der Waals surface area contributed by atoms with Crippen LogP contribution in [0.4, 0.5) is 10.1 Å². The molecule has 1 N–H and O–H groups in total. The number of anilines is 1. The molecule has 0 fully saturated rings. The van der Waals surface area contributed by atoms with Gasteiger partial charge in [-0.1, -0.05) is 11.6 Å². The number of likely N-dealkylation sites (N-methyl/N-ethyl adjacent to an activating group) is 1. The van der Waals surface area contributed by atoms with Crippen LogP contribution in [0.2, 0.25) is 5.02 Å². The third kappa shape index (κ3) is 3.75. The van der Waals surface area contributed by atoms with E-state index in [1.54, 1.807) is 20.2 Å². The van der Waals surface area contributed by atoms with Crippen LogP contribution in [0.3, 0.4) is 0 Å². The van der Waals surface area contributed by atoms with E-state index in [9.17, 15) is 9.18 Å². The van der Waals surface area contributed by atoms with Crippen LogP contribution in [0.15, 0.2) is 18.2 Å². The molecule has 0 aliphatic heterocycles. The van der Waals surface area contributed by atoms with Crippen molar-refractivity contribution >= 4 is 23.2 Å². The van der Waals surface area contributed by atoms with E-state index in [1.165, 1.54) is 17.0 Å². The Balaban J connectivity index is 2.61. The van der Waals surface area contributed by atoms with Gasteiger partial charge < -0.3 is 10.2 Å². The molecule has 0 radical (unpaired) electrons. The Hall–Kier alpha value is -1.29. The van der Waals surface area contributed by atoms with Crippen LogP contribution in [0.1, 0.15) is 0 Å². The van der Waals surface area contributed by atoms with Crippen LogP contribution < -0.4 is 5.32 Å². The van der Waals surface area contributed by atoms with E-state index >= 15 is 0 Å². The van der Waals surface area contributed by atoms with Crippen LogP contribution >= 0.6 is 11.6 Å². The minimum absolute atomic E-state index is 0.0876. The quantitative estimate of drug-likeness (QED) is 0.861. The molecule has 0 aliphatic carbocycles. The lowest BCUT2D eigenvalue weighted by molar-refractivity contribution is -0.126. The SMILES string of the molecule is CN(C)C(=O)CNc1cc(F)cc(Cl)c1. The van der Waals surface area contributed by atoms with Crippen LogP contribution in [-0.4, -0.2) is 31.4 Å². The number of nitrogens with zero attached hydrogens (tertiary/aromatic N) is 1. The molecule has 1 aromatic carbocycles. The molecule has 0 saturated heterocycles. The summed E-state index contributed by atoms with van der Waals surface area (Å²) in [5.41, 5.74) is 0.496. The molecular weight excluding hydrogens is 219 g/mol. The van der Waals surface area contributed by atoms with E-state index in [1.807, 2.05) is 0 Å². The van der Waals surface area contributed by atoms with Gasteiger partial charge in [-0.25, -0.2) is 4.39 Å². The molecule has 1 rings (SSSR count). The van der Waals surface area contributed by atoms with Crippen LogP contribution in [0, 0.1) is 5.82 Å². The van der Waals surface area contributed by atoms with E-state index in [-0.39, 0.29) is 12.5 Å². The van der Waals surface area contributed by atoms with Crippen molar-refractivity contribution in [2.24, 2.45) is 0 Å². The van der Waals surface area contributed by atoms with Crippen LogP contribution in [-0.2, 0) is 4.79 Å². The van der Waals surface area contributed by atoms with Crippen LogP contribution in [0.5, 0.6) is 0 Å². The fraction of sp³-hybridized carbons (Fsp3) is 0.300. The number of hydrogen-bond donors (Lipinski definition) is 1. The standard InChI is InChI=1S/C10H12ClFN2O/c1-14(2)10(15)6-13-9-4-7(11)3-8(12)5-9/h3-5,13H,6H2,1-2H3. The molecule has 0 aromatic heterocycles. The highest BCUT2D eigenvalue weighted by Gasteiger charge is 2.04. The fourth-order valence-corrected chi connectivity index (χ4v) is 1.21. The highest BCUT2D eigenvalue weighted by Crippen LogP contribution is 2.17. The van der Waals surface area contributed by atoms with Gasteiger partial charge in [-0.2, -0.15) is 0 Å². The number of halogens is 2. The van der Waals surface area contributed by atoms with Crippen molar-refractivity contribution in [3.8, 4) is 0 Å². The van der Waals surface area contributed by atoms with Gasteiger partial charge in [0.15, 0.2) is 0 Å². The predicted octanol–water partition coefficient (Wildman–Crippen LogP) is 1.98. The van der Waals surface area contributed by atoms with Gasteiger partial charge in [0, 0.05) is 24.8 Å². The predicted molar refractivity (Wildman–Crippen MR) is 58.6 cm³/mol. The molecule has 0 aliphatic rings. The molecule has 82 valence electrons. The lowest BCUT2D eigenvalue weighted by Crippen LogP contribution is -2.28. The van der Waals surface area contributed by atoms with Gasteiger partial charge in [-0.05, 0) is 18.2 Å². The second-order valence-electron chi connectivity index (χ2n) is 3.30. The van der Waals surface area contributed by atoms with E-state index in [0.29, 0.717) is 10.7 Å². The average Bonchev–Trinajstić information content (AvgIpc) is 2.12. The van der Waals surface area contributed by atoms with E-state index in [4.69, 9.17) is 11.6 Å². The summed E-state index contributed by atoms with van der Waals surface area (Å²) >= 11 is 5.65. The monoisotopic (exact) mass is 230 g/mol. The lowest BCUT2D eigenvalue weighted by atomic mass is 10.3. The maximum Gasteiger partial charge on any atom is 0.241 e. The van der Waals surface area contributed by atoms with Crippen molar-refractivity contribution in [1.82, 2.24) is 4.90 Å². The van der Waals surface area contributed by atoms with E-state index in [2.05, 4.69) is 5.32 Å². The largest absolute Gasteiger partial charge is 0.376 e. The molecule has 0 spiro atoms. The topological polar surface area (TPSA) is 32.3 Å². The van der Waals surface area contributed by atoms with Gasteiger partial charge >= 0.3 is 0 Å².